The first-order chi connectivity index (χ1) is 11.2. The first kappa shape index (κ1) is 17.4. The van der Waals surface area contributed by atoms with Crippen molar-refractivity contribution in [3.8, 4) is 0 Å². The number of anilines is 1. The van der Waals surface area contributed by atoms with Crippen LogP contribution in [0.15, 0.2) is 48.5 Å². The molecule has 0 radical (unpaired) electrons. The first-order valence-electron chi connectivity index (χ1n) is 8.01. The average molecular weight is 331 g/mol. The molecule has 2 N–H and O–H groups in total. The molecule has 122 valence electrons. The summed E-state index contributed by atoms with van der Waals surface area (Å²) in [6, 6.07) is 16.0. The van der Waals surface area contributed by atoms with Crippen molar-refractivity contribution in [3.05, 3.63) is 64.7 Å². The maximum atomic E-state index is 11.8. The number of benzene rings is 2. The summed E-state index contributed by atoms with van der Waals surface area (Å²) in [5, 5.41) is 6.94. The average Bonchev–Trinajstić information content (AvgIpc) is 2.57. The Morgan fingerprint density at radius 1 is 0.957 bits per heavy atom. The summed E-state index contributed by atoms with van der Waals surface area (Å²) in [5.41, 5.74) is 3.54. The van der Waals surface area contributed by atoms with Crippen LogP contribution < -0.4 is 10.6 Å². The monoisotopic (exact) mass is 330 g/mol. The fourth-order valence-electron chi connectivity index (χ4n) is 2.26. The van der Waals surface area contributed by atoms with Crippen LogP contribution in [-0.2, 0) is 17.6 Å². The third kappa shape index (κ3) is 6.33. The van der Waals surface area contributed by atoms with Crippen LogP contribution in [0.3, 0.4) is 0 Å². The highest BCUT2D eigenvalue weighted by molar-refractivity contribution is 6.30. The predicted octanol–water partition coefficient (Wildman–Crippen LogP) is 4.06. The van der Waals surface area contributed by atoms with Crippen LogP contribution >= 0.6 is 11.6 Å². The van der Waals surface area contributed by atoms with Crippen molar-refractivity contribution in [2.24, 2.45) is 0 Å². The number of hydrogen-bond donors (Lipinski definition) is 2. The van der Waals surface area contributed by atoms with Gasteiger partial charge in [-0.05, 0) is 48.2 Å². The largest absolute Gasteiger partial charge is 0.385 e. The molecule has 0 saturated carbocycles. The number of amides is 1. The van der Waals surface area contributed by atoms with E-state index in [1.165, 1.54) is 11.1 Å². The van der Waals surface area contributed by atoms with E-state index in [0.717, 1.165) is 23.6 Å². The van der Waals surface area contributed by atoms with Gasteiger partial charge in [0.1, 0.15) is 0 Å². The lowest BCUT2D eigenvalue weighted by Gasteiger charge is -2.08. The van der Waals surface area contributed by atoms with Gasteiger partial charge in [0.05, 0.1) is 0 Å². The second kappa shape index (κ2) is 9.21. The van der Waals surface area contributed by atoms with Crippen LogP contribution in [0.1, 0.15) is 24.5 Å². The Hall–Kier alpha value is -2.00. The minimum Gasteiger partial charge on any atom is -0.385 e. The molecular weight excluding hydrogens is 308 g/mol. The van der Waals surface area contributed by atoms with E-state index in [1.807, 2.05) is 24.3 Å². The highest BCUT2D eigenvalue weighted by Crippen LogP contribution is 2.10. The number of carbonyl (C=O) groups is 1. The molecule has 0 unspecified atom stereocenters. The number of rotatable bonds is 8. The smallest absolute Gasteiger partial charge is 0.221 e. The van der Waals surface area contributed by atoms with E-state index in [1.54, 1.807) is 0 Å². The van der Waals surface area contributed by atoms with Crippen LogP contribution in [0.5, 0.6) is 0 Å². The Bertz CT molecular complexity index is 608. The molecule has 0 aromatic heterocycles. The van der Waals surface area contributed by atoms with Crippen LogP contribution in [-0.4, -0.2) is 19.0 Å². The molecule has 0 aliphatic rings. The fraction of sp³-hybridized carbons (Fsp3) is 0.316. The summed E-state index contributed by atoms with van der Waals surface area (Å²) in [5.74, 6) is 0.0663. The molecule has 1 amide bonds. The summed E-state index contributed by atoms with van der Waals surface area (Å²) in [4.78, 5) is 11.8. The molecule has 0 bridgehead atoms. The molecule has 0 spiro atoms. The van der Waals surface area contributed by atoms with Crippen molar-refractivity contribution in [1.29, 1.82) is 0 Å². The lowest BCUT2D eigenvalue weighted by Crippen LogP contribution is -2.27. The molecule has 23 heavy (non-hydrogen) atoms. The van der Waals surface area contributed by atoms with Crippen molar-refractivity contribution in [2.75, 3.05) is 18.4 Å². The van der Waals surface area contributed by atoms with Crippen molar-refractivity contribution in [3.63, 3.8) is 0 Å². The van der Waals surface area contributed by atoms with Crippen molar-refractivity contribution in [1.82, 2.24) is 5.32 Å². The van der Waals surface area contributed by atoms with Gasteiger partial charge in [0, 0.05) is 30.2 Å². The molecule has 0 atom stereocenters. The summed E-state index contributed by atoms with van der Waals surface area (Å²) < 4.78 is 0. The van der Waals surface area contributed by atoms with Gasteiger partial charge < -0.3 is 10.6 Å². The van der Waals surface area contributed by atoms with E-state index in [9.17, 15) is 4.79 Å². The molecule has 0 heterocycles. The summed E-state index contributed by atoms with van der Waals surface area (Å²) in [6.07, 6.45) is 2.32. The summed E-state index contributed by atoms with van der Waals surface area (Å²) in [6.45, 7) is 3.42. The quantitative estimate of drug-likeness (QED) is 0.766. The van der Waals surface area contributed by atoms with Crippen LogP contribution in [0.4, 0.5) is 5.69 Å². The van der Waals surface area contributed by atoms with Crippen LogP contribution in [0.25, 0.3) is 0 Å². The zero-order valence-electron chi connectivity index (χ0n) is 13.4. The minimum atomic E-state index is 0.0663. The molecule has 0 aliphatic carbocycles. The summed E-state index contributed by atoms with van der Waals surface area (Å²) in [7, 11) is 0. The van der Waals surface area contributed by atoms with Crippen molar-refractivity contribution < 1.29 is 4.79 Å². The highest BCUT2D eigenvalue weighted by atomic mass is 35.5. The molecule has 2 aromatic rings. The van der Waals surface area contributed by atoms with Crippen molar-refractivity contribution in [2.45, 2.75) is 26.2 Å². The van der Waals surface area contributed by atoms with E-state index in [4.69, 9.17) is 11.6 Å². The molecule has 0 saturated heterocycles. The number of aryl methyl sites for hydroxylation is 1. The summed E-state index contributed by atoms with van der Waals surface area (Å²) >= 11 is 5.84. The lowest BCUT2D eigenvalue weighted by molar-refractivity contribution is -0.120. The van der Waals surface area contributed by atoms with E-state index >= 15 is 0 Å². The Morgan fingerprint density at radius 2 is 1.61 bits per heavy atom. The van der Waals surface area contributed by atoms with E-state index in [2.05, 4.69) is 41.8 Å². The van der Waals surface area contributed by atoms with Gasteiger partial charge in [0.2, 0.25) is 5.91 Å². The molecule has 0 aliphatic heterocycles. The van der Waals surface area contributed by atoms with Crippen LogP contribution in [0.2, 0.25) is 5.02 Å². The SMILES string of the molecule is CCc1ccc(NCCC(=O)NCCc2ccc(Cl)cc2)cc1. The number of hydrogen-bond acceptors (Lipinski definition) is 2. The third-order valence-electron chi connectivity index (χ3n) is 3.69. The standard InChI is InChI=1S/C19H23ClN2O/c1-2-15-5-9-18(10-6-15)21-14-12-19(23)22-13-11-16-3-7-17(20)8-4-16/h3-10,21H,2,11-14H2,1H3,(H,22,23). The molecule has 2 rings (SSSR count). The first-order valence-corrected chi connectivity index (χ1v) is 8.39. The number of carbonyl (C=O) groups excluding carboxylic acids is 1. The Balaban J connectivity index is 1.62. The Kier molecular flexibility index (Phi) is 6.95. The Labute approximate surface area is 143 Å². The van der Waals surface area contributed by atoms with E-state index < -0.39 is 0 Å². The molecular formula is C19H23ClN2O. The van der Waals surface area contributed by atoms with Gasteiger partial charge in [-0.3, -0.25) is 4.79 Å². The molecule has 0 fully saturated rings. The maximum absolute atomic E-state index is 11.8. The number of halogens is 1. The fourth-order valence-corrected chi connectivity index (χ4v) is 2.39. The lowest BCUT2D eigenvalue weighted by atomic mass is 10.1. The maximum Gasteiger partial charge on any atom is 0.221 e. The molecule has 3 nitrogen and oxygen atoms in total. The topological polar surface area (TPSA) is 41.1 Å². The zero-order valence-corrected chi connectivity index (χ0v) is 14.2. The van der Waals surface area contributed by atoms with Gasteiger partial charge in [-0.2, -0.15) is 0 Å². The zero-order chi connectivity index (χ0) is 16.5. The highest BCUT2D eigenvalue weighted by Gasteiger charge is 2.01. The van der Waals surface area contributed by atoms with Gasteiger partial charge in [-0.15, -0.1) is 0 Å². The predicted molar refractivity (Wildman–Crippen MR) is 97.1 cm³/mol. The van der Waals surface area contributed by atoms with Gasteiger partial charge in [-0.25, -0.2) is 0 Å². The van der Waals surface area contributed by atoms with Crippen molar-refractivity contribution >= 4 is 23.2 Å². The normalized spacial score (nSPS) is 10.3. The van der Waals surface area contributed by atoms with Gasteiger partial charge in [-0.1, -0.05) is 42.8 Å². The van der Waals surface area contributed by atoms with Gasteiger partial charge >= 0.3 is 0 Å². The van der Waals surface area contributed by atoms with Crippen LogP contribution in [0, 0.1) is 0 Å². The number of nitrogens with one attached hydrogen (secondary N) is 2. The molecule has 2 aromatic carbocycles. The minimum absolute atomic E-state index is 0.0663. The third-order valence-corrected chi connectivity index (χ3v) is 3.94. The van der Waals surface area contributed by atoms with E-state index in [0.29, 0.717) is 19.5 Å². The second-order valence-corrected chi connectivity index (χ2v) is 5.89. The molecule has 4 heteroatoms. The van der Waals surface area contributed by atoms with Gasteiger partial charge in [0.25, 0.3) is 0 Å². The van der Waals surface area contributed by atoms with E-state index in [-0.39, 0.29) is 5.91 Å². The van der Waals surface area contributed by atoms with Gasteiger partial charge in [0.15, 0.2) is 0 Å². The second-order valence-electron chi connectivity index (χ2n) is 5.45. The Morgan fingerprint density at radius 3 is 2.26 bits per heavy atom.